The standard InChI is InChI=1S/C11H13FO/c1-7-4-9(12)2-3-10(7)11-5-8(11)6-13/h2-4,8,11,13H,5-6H2,1H3. The maximum atomic E-state index is 12.8. The third-order valence-corrected chi connectivity index (χ3v) is 2.79. The molecule has 0 bridgehead atoms. The van der Waals surface area contributed by atoms with Crippen molar-refractivity contribution in [2.75, 3.05) is 6.61 Å². The molecular weight excluding hydrogens is 167 g/mol. The van der Waals surface area contributed by atoms with Crippen molar-refractivity contribution in [1.82, 2.24) is 0 Å². The van der Waals surface area contributed by atoms with Crippen LogP contribution in [0.3, 0.4) is 0 Å². The molecule has 1 fully saturated rings. The summed E-state index contributed by atoms with van der Waals surface area (Å²) < 4.78 is 12.8. The Morgan fingerprint density at radius 3 is 2.85 bits per heavy atom. The summed E-state index contributed by atoms with van der Waals surface area (Å²) in [6.45, 7) is 2.17. The highest BCUT2D eigenvalue weighted by Gasteiger charge is 2.38. The topological polar surface area (TPSA) is 20.2 Å². The molecule has 2 rings (SSSR count). The lowest BCUT2D eigenvalue weighted by molar-refractivity contribution is 0.274. The summed E-state index contributed by atoms with van der Waals surface area (Å²) in [7, 11) is 0. The van der Waals surface area contributed by atoms with Gasteiger partial charge in [-0.25, -0.2) is 4.39 Å². The Morgan fingerprint density at radius 2 is 2.31 bits per heavy atom. The zero-order valence-corrected chi connectivity index (χ0v) is 7.63. The van der Waals surface area contributed by atoms with Crippen LogP contribution in [0.1, 0.15) is 23.5 Å². The zero-order valence-electron chi connectivity index (χ0n) is 7.63. The molecule has 1 aromatic rings. The third-order valence-electron chi connectivity index (χ3n) is 2.79. The predicted molar refractivity (Wildman–Crippen MR) is 49.1 cm³/mol. The number of benzene rings is 1. The van der Waals surface area contributed by atoms with E-state index in [1.54, 1.807) is 6.07 Å². The largest absolute Gasteiger partial charge is 0.396 e. The van der Waals surface area contributed by atoms with Crippen LogP contribution in [-0.2, 0) is 0 Å². The van der Waals surface area contributed by atoms with Crippen LogP contribution >= 0.6 is 0 Å². The van der Waals surface area contributed by atoms with E-state index < -0.39 is 0 Å². The van der Waals surface area contributed by atoms with E-state index in [4.69, 9.17) is 5.11 Å². The van der Waals surface area contributed by atoms with Crippen molar-refractivity contribution in [3.63, 3.8) is 0 Å². The maximum absolute atomic E-state index is 12.8. The number of aliphatic hydroxyl groups excluding tert-OH is 1. The molecule has 0 heterocycles. The van der Waals surface area contributed by atoms with Gasteiger partial charge in [0, 0.05) is 6.61 Å². The second-order valence-electron chi connectivity index (χ2n) is 3.79. The minimum atomic E-state index is -0.178. The lowest BCUT2D eigenvalue weighted by atomic mass is 10.0. The first kappa shape index (κ1) is 8.70. The van der Waals surface area contributed by atoms with Crippen LogP contribution in [0, 0.1) is 18.7 Å². The molecule has 1 saturated carbocycles. The van der Waals surface area contributed by atoms with E-state index in [2.05, 4.69) is 0 Å². The molecule has 2 heteroatoms. The highest BCUT2D eigenvalue weighted by atomic mass is 19.1. The van der Waals surface area contributed by atoms with Crippen LogP contribution in [0.4, 0.5) is 4.39 Å². The van der Waals surface area contributed by atoms with Crippen LogP contribution in [0.2, 0.25) is 0 Å². The van der Waals surface area contributed by atoms with Gasteiger partial charge in [0.25, 0.3) is 0 Å². The molecule has 2 unspecified atom stereocenters. The fourth-order valence-corrected chi connectivity index (χ4v) is 1.89. The van der Waals surface area contributed by atoms with Gasteiger partial charge in [0.15, 0.2) is 0 Å². The van der Waals surface area contributed by atoms with Gasteiger partial charge in [-0.15, -0.1) is 0 Å². The molecule has 0 saturated heterocycles. The quantitative estimate of drug-likeness (QED) is 0.740. The van der Waals surface area contributed by atoms with E-state index in [1.165, 1.54) is 11.6 Å². The van der Waals surface area contributed by atoms with Crippen LogP contribution < -0.4 is 0 Å². The fourth-order valence-electron chi connectivity index (χ4n) is 1.89. The number of hydrogen-bond donors (Lipinski definition) is 1. The number of hydrogen-bond acceptors (Lipinski definition) is 1. The first-order valence-corrected chi connectivity index (χ1v) is 4.59. The summed E-state index contributed by atoms with van der Waals surface area (Å²) in [5.74, 6) is 0.692. The number of halogens is 1. The molecule has 0 spiro atoms. The van der Waals surface area contributed by atoms with Gasteiger partial charge in [-0.1, -0.05) is 6.07 Å². The van der Waals surface area contributed by atoms with Gasteiger partial charge in [-0.3, -0.25) is 0 Å². The van der Waals surface area contributed by atoms with Crippen molar-refractivity contribution < 1.29 is 9.50 Å². The monoisotopic (exact) mass is 180 g/mol. The van der Waals surface area contributed by atoms with Crippen molar-refractivity contribution >= 4 is 0 Å². The summed E-state index contributed by atoms with van der Waals surface area (Å²) in [5.41, 5.74) is 2.20. The molecule has 1 aliphatic carbocycles. The first-order valence-electron chi connectivity index (χ1n) is 4.59. The average molecular weight is 180 g/mol. The molecule has 0 aromatic heterocycles. The van der Waals surface area contributed by atoms with Gasteiger partial charge in [0.05, 0.1) is 0 Å². The number of rotatable bonds is 2. The van der Waals surface area contributed by atoms with Crippen molar-refractivity contribution in [3.8, 4) is 0 Å². The fraction of sp³-hybridized carbons (Fsp3) is 0.455. The lowest BCUT2D eigenvalue weighted by Gasteiger charge is -2.03. The second kappa shape index (κ2) is 3.11. The molecule has 0 amide bonds. The number of aliphatic hydroxyl groups is 1. The maximum Gasteiger partial charge on any atom is 0.123 e. The zero-order chi connectivity index (χ0) is 9.42. The van der Waals surface area contributed by atoms with Crippen molar-refractivity contribution in [3.05, 3.63) is 35.1 Å². The molecule has 2 atom stereocenters. The molecule has 1 aliphatic rings. The van der Waals surface area contributed by atoms with E-state index in [-0.39, 0.29) is 12.4 Å². The molecule has 0 aliphatic heterocycles. The Morgan fingerprint density at radius 1 is 1.54 bits per heavy atom. The van der Waals surface area contributed by atoms with Gasteiger partial charge in [0.2, 0.25) is 0 Å². The van der Waals surface area contributed by atoms with Crippen LogP contribution in [0.25, 0.3) is 0 Å². The molecule has 13 heavy (non-hydrogen) atoms. The highest BCUT2D eigenvalue weighted by molar-refractivity contribution is 5.33. The lowest BCUT2D eigenvalue weighted by Crippen LogP contribution is -1.92. The first-order chi connectivity index (χ1) is 6.22. The Hall–Kier alpha value is -0.890. The molecule has 70 valence electrons. The summed E-state index contributed by atoms with van der Waals surface area (Å²) >= 11 is 0. The van der Waals surface area contributed by atoms with E-state index in [9.17, 15) is 4.39 Å². The van der Waals surface area contributed by atoms with Gasteiger partial charge < -0.3 is 5.11 Å². The van der Waals surface area contributed by atoms with Crippen LogP contribution in [-0.4, -0.2) is 11.7 Å². The Labute approximate surface area is 77.2 Å². The second-order valence-corrected chi connectivity index (χ2v) is 3.79. The third kappa shape index (κ3) is 1.59. The van der Waals surface area contributed by atoms with E-state index in [0.29, 0.717) is 11.8 Å². The van der Waals surface area contributed by atoms with Crippen molar-refractivity contribution in [2.24, 2.45) is 5.92 Å². The molecule has 1 N–H and O–H groups in total. The predicted octanol–water partition coefficient (Wildman–Crippen LogP) is 2.23. The molecule has 1 aromatic carbocycles. The molecule has 0 radical (unpaired) electrons. The smallest absolute Gasteiger partial charge is 0.123 e. The molecule has 1 nitrogen and oxygen atoms in total. The van der Waals surface area contributed by atoms with Gasteiger partial charge in [-0.2, -0.15) is 0 Å². The van der Waals surface area contributed by atoms with E-state index in [1.807, 2.05) is 13.0 Å². The SMILES string of the molecule is Cc1cc(F)ccc1C1CC1CO. The van der Waals surface area contributed by atoms with E-state index in [0.717, 1.165) is 12.0 Å². The minimum absolute atomic E-state index is 0.178. The normalized spacial score (nSPS) is 26.1. The van der Waals surface area contributed by atoms with Crippen molar-refractivity contribution in [2.45, 2.75) is 19.3 Å². The summed E-state index contributed by atoms with van der Waals surface area (Å²) in [6, 6.07) is 4.89. The highest BCUT2D eigenvalue weighted by Crippen LogP contribution is 2.47. The van der Waals surface area contributed by atoms with Gasteiger partial charge in [-0.05, 0) is 48.4 Å². The Kier molecular flexibility index (Phi) is 2.08. The van der Waals surface area contributed by atoms with Crippen molar-refractivity contribution in [1.29, 1.82) is 0 Å². The van der Waals surface area contributed by atoms with Gasteiger partial charge in [0.1, 0.15) is 5.82 Å². The number of aryl methyl sites for hydroxylation is 1. The summed E-state index contributed by atoms with van der Waals surface area (Å²) in [4.78, 5) is 0. The Bertz CT molecular complexity index is 322. The Balaban J connectivity index is 2.22. The molecular formula is C11H13FO. The average Bonchev–Trinajstić information content (AvgIpc) is 2.83. The van der Waals surface area contributed by atoms with Crippen LogP contribution in [0.15, 0.2) is 18.2 Å². The van der Waals surface area contributed by atoms with Crippen LogP contribution in [0.5, 0.6) is 0 Å². The van der Waals surface area contributed by atoms with Gasteiger partial charge >= 0.3 is 0 Å². The minimum Gasteiger partial charge on any atom is -0.396 e. The summed E-state index contributed by atoms with van der Waals surface area (Å²) in [5, 5.41) is 8.91. The summed E-state index contributed by atoms with van der Waals surface area (Å²) in [6.07, 6.45) is 1.04. The van der Waals surface area contributed by atoms with E-state index >= 15 is 0 Å².